The van der Waals surface area contributed by atoms with Gasteiger partial charge < -0.3 is 5.11 Å². The predicted octanol–water partition coefficient (Wildman–Crippen LogP) is 5.15. The Kier molecular flexibility index (Phi) is 4.58. The van der Waals surface area contributed by atoms with Gasteiger partial charge >= 0.3 is 5.97 Å². The molecule has 0 saturated heterocycles. The monoisotopic (exact) mass is 338 g/mol. The highest BCUT2D eigenvalue weighted by molar-refractivity contribution is 9.10. The van der Waals surface area contributed by atoms with Crippen LogP contribution in [-0.2, 0) is 10.2 Å². The highest BCUT2D eigenvalue weighted by Gasteiger charge is 2.58. The van der Waals surface area contributed by atoms with E-state index in [1.54, 1.807) is 0 Å². The van der Waals surface area contributed by atoms with E-state index in [4.69, 9.17) is 0 Å². The minimum Gasteiger partial charge on any atom is -0.481 e. The minimum absolute atomic E-state index is 0.240. The third kappa shape index (κ3) is 2.65. The van der Waals surface area contributed by atoms with E-state index in [0.717, 1.165) is 48.6 Å². The molecule has 2 rings (SSSR count). The third-order valence-electron chi connectivity index (χ3n) is 4.70. The Hall–Kier alpha value is -0.830. The zero-order valence-corrected chi connectivity index (χ0v) is 13.9. The van der Waals surface area contributed by atoms with Gasteiger partial charge in [0, 0.05) is 4.47 Å². The average Bonchev–Trinajstić information content (AvgIpc) is 2.35. The van der Waals surface area contributed by atoms with Crippen molar-refractivity contribution in [3.63, 3.8) is 0 Å². The Morgan fingerprint density at radius 1 is 1.25 bits per heavy atom. The third-order valence-corrected chi connectivity index (χ3v) is 5.19. The number of aliphatic carboxylic acids is 1. The van der Waals surface area contributed by atoms with Crippen LogP contribution in [0.25, 0.3) is 0 Å². The van der Waals surface area contributed by atoms with Crippen LogP contribution in [0.2, 0.25) is 0 Å². The molecular formula is C17H23BrO2. The van der Waals surface area contributed by atoms with Gasteiger partial charge in [-0.2, -0.15) is 0 Å². The molecule has 0 aromatic heterocycles. The lowest BCUT2D eigenvalue weighted by molar-refractivity contribution is -0.155. The molecule has 0 aliphatic heterocycles. The molecule has 0 atom stereocenters. The van der Waals surface area contributed by atoms with E-state index < -0.39 is 11.4 Å². The van der Waals surface area contributed by atoms with E-state index in [1.165, 1.54) is 0 Å². The van der Waals surface area contributed by atoms with Crippen molar-refractivity contribution in [3.05, 3.63) is 34.3 Å². The van der Waals surface area contributed by atoms with Gasteiger partial charge in [-0.1, -0.05) is 54.8 Å². The van der Waals surface area contributed by atoms with Crippen LogP contribution in [0.3, 0.4) is 0 Å². The molecule has 1 aliphatic carbocycles. The first-order valence-electron chi connectivity index (χ1n) is 7.47. The minimum atomic E-state index is -0.673. The van der Waals surface area contributed by atoms with Crippen molar-refractivity contribution in [1.82, 2.24) is 0 Å². The van der Waals surface area contributed by atoms with E-state index in [2.05, 4.69) is 29.8 Å². The van der Waals surface area contributed by atoms with Gasteiger partial charge in [0.1, 0.15) is 0 Å². The number of carbonyl (C=O) groups is 1. The van der Waals surface area contributed by atoms with E-state index in [0.29, 0.717) is 0 Å². The molecule has 0 amide bonds. The summed E-state index contributed by atoms with van der Waals surface area (Å²) in [6, 6.07) is 7.81. The molecule has 1 saturated carbocycles. The molecule has 3 heteroatoms. The van der Waals surface area contributed by atoms with Crippen LogP contribution in [0.1, 0.15) is 57.9 Å². The smallest absolute Gasteiger partial charge is 0.314 e. The van der Waals surface area contributed by atoms with E-state index in [1.807, 2.05) is 24.3 Å². The Labute approximate surface area is 129 Å². The van der Waals surface area contributed by atoms with Gasteiger partial charge in [-0.15, -0.1) is 0 Å². The average molecular weight is 339 g/mol. The molecule has 0 spiro atoms. The quantitative estimate of drug-likeness (QED) is 0.778. The van der Waals surface area contributed by atoms with Crippen LogP contribution in [0.4, 0.5) is 0 Å². The first-order valence-corrected chi connectivity index (χ1v) is 8.27. The summed E-state index contributed by atoms with van der Waals surface area (Å²) in [4.78, 5) is 11.9. The second-order valence-corrected chi connectivity index (χ2v) is 7.17. The van der Waals surface area contributed by atoms with E-state index in [-0.39, 0.29) is 5.41 Å². The van der Waals surface area contributed by atoms with Crippen molar-refractivity contribution in [2.24, 2.45) is 5.41 Å². The van der Waals surface area contributed by atoms with Crippen LogP contribution in [0, 0.1) is 5.41 Å². The van der Waals surface area contributed by atoms with Gasteiger partial charge in [0.15, 0.2) is 0 Å². The highest BCUT2D eigenvalue weighted by atomic mass is 79.9. The lowest BCUT2D eigenvalue weighted by Gasteiger charge is -2.55. The summed E-state index contributed by atoms with van der Waals surface area (Å²) in [6.45, 7) is 4.38. The molecule has 1 fully saturated rings. The molecule has 0 heterocycles. The van der Waals surface area contributed by atoms with Crippen molar-refractivity contribution in [1.29, 1.82) is 0 Å². The largest absolute Gasteiger partial charge is 0.481 e. The summed E-state index contributed by atoms with van der Waals surface area (Å²) in [5.74, 6) is -0.668. The van der Waals surface area contributed by atoms with Gasteiger partial charge in [0.05, 0.1) is 5.41 Å². The fraction of sp³-hybridized carbons (Fsp3) is 0.588. The van der Waals surface area contributed by atoms with Crippen LogP contribution in [0.15, 0.2) is 28.7 Å². The maximum absolute atomic E-state index is 11.9. The number of halogens is 1. The topological polar surface area (TPSA) is 37.3 Å². The molecule has 1 N–H and O–H groups in total. The van der Waals surface area contributed by atoms with Gasteiger partial charge in [0.2, 0.25) is 0 Å². The number of benzene rings is 1. The zero-order valence-electron chi connectivity index (χ0n) is 12.3. The van der Waals surface area contributed by atoms with E-state index >= 15 is 0 Å². The SMILES string of the molecule is CCCC1(CCC)CC(C(=O)O)(c2cccc(Br)c2)C1. The number of hydrogen-bond donors (Lipinski definition) is 1. The molecule has 1 aromatic carbocycles. The molecule has 0 radical (unpaired) electrons. The molecular weight excluding hydrogens is 316 g/mol. The van der Waals surface area contributed by atoms with Crippen molar-refractivity contribution in [2.45, 2.75) is 57.8 Å². The normalized spacial score (nSPS) is 19.4. The number of rotatable bonds is 6. The number of carboxylic acids is 1. The first kappa shape index (κ1) is 15.6. The molecule has 110 valence electrons. The molecule has 0 unspecified atom stereocenters. The first-order chi connectivity index (χ1) is 9.48. The Bertz CT molecular complexity index is 482. The van der Waals surface area contributed by atoms with Gasteiger partial charge in [-0.3, -0.25) is 4.79 Å². The van der Waals surface area contributed by atoms with Gasteiger partial charge in [-0.25, -0.2) is 0 Å². The fourth-order valence-electron chi connectivity index (χ4n) is 4.03. The summed E-state index contributed by atoms with van der Waals surface area (Å²) in [5, 5.41) is 9.78. The zero-order chi connectivity index (χ0) is 14.8. The molecule has 20 heavy (non-hydrogen) atoms. The summed E-state index contributed by atoms with van der Waals surface area (Å²) >= 11 is 3.45. The lowest BCUT2D eigenvalue weighted by Crippen LogP contribution is -2.54. The second kappa shape index (κ2) is 5.88. The maximum atomic E-state index is 11.9. The lowest BCUT2D eigenvalue weighted by atomic mass is 9.48. The Morgan fingerprint density at radius 3 is 2.30 bits per heavy atom. The van der Waals surface area contributed by atoms with Crippen molar-refractivity contribution >= 4 is 21.9 Å². The Balaban J connectivity index is 2.30. The van der Waals surface area contributed by atoms with Crippen molar-refractivity contribution < 1.29 is 9.90 Å². The number of hydrogen-bond acceptors (Lipinski definition) is 1. The van der Waals surface area contributed by atoms with Gasteiger partial charge in [0.25, 0.3) is 0 Å². The summed E-state index contributed by atoms with van der Waals surface area (Å²) in [5.41, 5.74) is 0.514. The highest BCUT2D eigenvalue weighted by Crippen LogP contribution is 2.60. The maximum Gasteiger partial charge on any atom is 0.314 e. The standard InChI is InChI=1S/C17H23BrO2/c1-3-8-16(9-4-2)11-17(12-16,15(19)20)13-6-5-7-14(18)10-13/h5-7,10H,3-4,8-9,11-12H2,1-2H3,(H,19,20). The second-order valence-electron chi connectivity index (χ2n) is 6.25. The molecule has 2 nitrogen and oxygen atoms in total. The number of carboxylic acid groups (broad SMARTS) is 1. The molecule has 0 bridgehead atoms. The van der Waals surface area contributed by atoms with E-state index in [9.17, 15) is 9.90 Å². The van der Waals surface area contributed by atoms with Crippen LogP contribution in [0.5, 0.6) is 0 Å². The molecule has 1 aliphatic rings. The van der Waals surface area contributed by atoms with Gasteiger partial charge in [-0.05, 0) is 48.8 Å². The Morgan fingerprint density at radius 2 is 1.85 bits per heavy atom. The van der Waals surface area contributed by atoms with Crippen LogP contribution < -0.4 is 0 Å². The van der Waals surface area contributed by atoms with Crippen molar-refractivity contribution in [2.75, 3.05) is 0 Å². The van der Waals surface area contributed by atoms with Crippen LogP contribution >= 0.6 is 15.9 Å². The fourth-order valence-corrected chi connectivity index (χ4v) is 4.43. The predicted molar refractivity (Wildman–Crippen MR) is 84.9 cm³/mol. The molecule has 1 aromatic rings. The van der Waals surface area contributed by atoms with Crippen LogP contribution in [-0.4, -0.2) is 11.1 Å². The summed E-state index contributed by atoms with van der Waals surface area (Å²) in [7, 11) is 0. The van der Waals surface area contributed by atoms with Crippen molar-refractivity contribution in [3.8, 4) is 0 Å². The summed E-state index contributed by atoms with van der Waals surface area (Å²) < 4.78 is 0.958. The summed E-state index contributed by atoms with van der Waals surface area (Å²) in [6.07, 6.45) is 6.12.